The van der Waals surface area contributed by atoms with E-state index in [0.29, 0.717) is 16.1 Å². The van der Waals surface area contributed by atoms with Crippen LogP contribution in [0.15, 0.2) is 18.3 Å². The van der Waals surface area contributed by atoms with Crippen molar-refractivity contribution < 1.29 is 4.74 Å². The zero-order valence-corrected chi connectivity index (χ0v) is 12.1. The fourth-order valence-corrected chi connectivity index (χ4v) is 1.78. The van der Waals surface area contributed by atoms with Gasteiger partial charge in [-0.2, -0.15) is 0 Å². The summed E-state index contributed by atoms with van der Waals surface area (Å²) in [6.45, 7) is 4.00. The van der Waals surface area contributed by atoms with E-state index < -0.39 is 0 Å². The molecule has 0 aliphatic rings. The third kappa shape index (κ3) is 2.41. The van der Waals surface area contributed by atoms with Gasteiger partial charge in [-0.05, 0) is 6.07 Å². The normalized spacial score (nSPS) is 11.0. The van der Waals surface area contributed by atoms with Gasteiger partial charge in [0.25, 0.3) is 5.88 Å². The summed E-state index contributed by atoms with van der Waals surface area (Å²) >= 11 is 0. The summed E-state index contributed by atoms with van der Waals surface area (Å²) in [7, 11) is 7.85. The van der Waals surface area contributed by atoms with Gasteiger partial charge < -0.3 is 10.5 Å². The maximum atomic E-state index is 6.03. The number of quaternary nitrogens is 1. The molecule has 0 saturated carbocycles. The molecule has 2 rings (SSSR count). The number of nitrogens with zero attached hydrogens (tertiary/aromatic N) is 3. The summed E-state index contributed by atoms with van der Waals surface area (Å²) in [5, 5.41) is 4.26. The Kier molecular flexibility index (Phi) is 4.19. The van der Waals surface area contributed by atoms with E-state index in [1.54, 1.807) is 11.6 Å². The Morgan fingerprint density at radius 3 is 2.39 bits per heavy atom. The van der Waals surface area contributed by atoms with E-state index in [2.05, 4.69) is 26.2 Å². The first kappa shape index (κ1) is 14.3. The number of pyridine rings is 1. The van der Waals surface area contributed by atoms with E-state index >= 15 is 0 Å². The van der Waals surface area contributed by atoms with Crippen LogP contribution in [0.25, 0.3) is 5.52 Å². The SMILES string of the molecule is CC.COc1nn2cccc([N+](C)(C)C)c2c1N. The molecule has 0 atom stereocenters. The quantitative estimate of drug-likeness (QED) is 0.832. The van der Waals surface area contributed by atoms with E-state index in [1.807, 2.05) is 32.2 Å². The van der Waals surface area contributed by atoms with E-state index in [-0.39, 0.29) is 0 Å². The second-order valence-corrected chi connectivity index (χ2v) is 4.62. The highest BCUT2D eigenvalue weighted by Crippen LogP contribution is 2.33. The summed E-state index contributed by atoms with van der Waals surface area (Å²) < 4.78 is 7.57. The van der Waals surface area contributed by atoms with E-state index in [1.165, 1.54) is 0 Å². The third-order valence-corrected chi connectivity index (χ3v) is 2.55. The summed E-state index contributed by atoms with van der Waals surface area (Å²) in [6, 6.07) is 4.00. The molecule has 0 saturated heterocycles. The highest BCUT2D eigenvalue weighted by atomic mass is 16.5. The molecule has 0 aromatic carbocycles. The molecule has 5 nitrogen and oxygen atoms in total. The maximum absolute atomic E-state index is 6.03. The molecule has 100 valence electrons. The average molecular weight is 251 g/mol. The molecule has 0 bridgehead atoms. The highest BCUT2D eigenvalue weighted by molar-refractivity contribution is 5.86. The van der Waals surface area contributed by atoms with Gasteiger partial charge >= 0.3 is 0 Å². The number of hydrogen-bond donors (Lipinski definition) is 1. The van der Waals surface area contributed by atoms with Gasteiger partial charge in [-0.25, -0.2) is 4.52 Å². The van der Waals surface area contributed by atoms with Gasteiger partial charge in [0.05, 0.1) is 28.3 Å². The molecule has 0 radical (unpaired) electrons. The van der Waals surface area contributed by atoms with Crippen LogP contribution in [0.1, 0.15) is 13.8 Å². The summed E-state index contributed by atoms with van der Waals surface area (Å²) in [4.78, 5) is 0. The Labute approximate surface area is 108 Å². The number of ether oxygens (including phenoxy) is 1. The van der Waals surface area contributed by atoms with Crippen molar-refractivity contribution in [2.24, 2.45) is 0 Å². The molecule has 0 amide bonds. The van der Waals surface area contributed by atoms with Crippen molar-refractivity contribution in [3.8, 4) is 5.88 Å². The number of nitrogen functional groups attached to an aromatic ring is 1. The molecule has 2 heterocycles. The smallest absolute Gasteiger partial charge is 0.257 e. The zero-order chi connectivity index (χ0) is 13.9. The molecule has 2 aromatic heterocycles. The van der Waals surface area contributed by atoms with Crippen molar-refractivity contribution >= 4 is 16.9 Å². The molecule has 0 spiro atoms. The number of nitrogens with two attached hydrogens (primary N) is 1. The van der Waals surface area contributed by atoms with Crippen molar-refractivity contribution in [2.75, 3.05) is 34.0 Å². The van der Waals surface area contributed by atoms with Gasteiger partial charge in [-0.1, -0.05) is 13.8 Å². The number of aromatic nitrogens is 2. The van der Waals surface area contributed by atoms with Gasteiger partial charge in [0.15, 0.2) is 11.2 Å². The molecule has 0 unspecified atom stereocenters. The first-order valence-corrected chi connectivity index (χ1v) is 6.08. The second kappa shape index (κ2) is 5.27. The Morgan fingerprint density at radius 2 is 1.89 bits per heavy atom. The predicted molar refractivity (Wildman–Crippen MR) is 77.1 cm³/mol. The molecular weight excluding hydrogens is 228 g/mol. The number of rotatable bonds is 2. The van der Waals surface area contributed by atoms with Crippen LogP contribution in [-0.2, 0) is 0 Å². The van der Waals surface area contributed by atoms with Crippen LogP contribution in [0.5, 0.6) is 5.88 Å². The maximum Gasteiger partial charge on any atom is 0.257 e. The lowest BCUT2D eigenvalue weighted by atomic mass is 10.2. The number of methoxy groups -OCH3 is 1. The molecular formula is C13H23N4O+. The van der Waals surface area contributed by atoms with Crippen LogP contribution in [0.4, 0.5) is 11.4 Å². The van der Waals surface area contributed by atoms with E-state index in [4.69, 9.17) is 10.5 Å². The van der Waals surface area contributed by atoms with Crippen LogP contribution in [-0.4, -0.2) is 37.9 Å². The minimum Gasteiger partial charge on any atom is -0.478 e. The molecule has 2 N–H and O–H groups in total. The fourth-order valence-electron chi connectivity index (χ4n) is 1.78. The first-order valence-electron chi connectivity index (χ1n) is 6.08. The van der Waals surface area contributed by atoms with Crippen molar-refractivity contribution in [1.82, 2.24) is 14.1 Å². The van der Waals surface area contributed by atoms with Crippen LogP contribution in [0, 0.1) is 0 Å². The lowest BCUT2D eigenvalue weighted by Gasteiger charge is -2.23. The largest absolute Gasteiger partial charge is 0.478 e. The monoisotopic (exact) mass is 251 g/mol. The number of anilines is 1. The Bertz CT molecular complexity index is 526. The van der Waals surface area contributed by atoms with Gasteiger partial charge in [-0.3, -0.25) is 4.48 Å². The Balaban J connectivity index is 0.000000771. The molecule has 18 heavy (non-hydrogen) atoms. The molecule has 2 aromatic rings. The third-order valence-electron chi connectivity index (χ3n) is 2.55. The van der Waals surface area contributed by atoms with Gasteiger partial charge in [0.2, 0.25) is 0 Å². The summed E-state index contributed by atoms with van der Waals surface area (Å²) in [5.74, 6) is 0.473. The Morgan fingerprint density at radius 1 is 1.28 bits per heavy atom. The van der Waals surface area contributed by atoms with Crippen molar-refractivity contribution in [2.45, 2.75) is 13.8 Å². The van der Waals surface area contributed by atoms with Gasteiger partial charge in [0.1, 0.15) is 5.69 Å². The van der Waals surface area contributed by atoms with Crippen LogP contribution in [0.3, 0.4) is 0 Å². The van der Waals surface area contributed by atoms with Crippen LogP contribution >= 0.6 is 0 Å². The predicted octanol–water partition coefficient (Wildman–Crippen LogP) is 2.15. The fraction of sp³-hybridized carbons (Fsp3) is 0.462. The van der Waals surface area contributed by atoms with Gasteiger partial charge in [0, 0.05) is 12.3 Å². The topological polar surface area (TPSA) is 52.5 Å². The number of fused-ring (bicyclic) bond motifs is 1. The van der Waals surface area contributed by atoms with Crippen molar-refractivity contribution in [3.63, 3.8) is 0 Å². The minimum atomic E-state index is 0.473. The molecule has 0 fully saturated rings. The van der Waals surface area contributed by atoms with E-state index in [9.17, 15) is 0 Å². The lowest BCUT2D eigenvalue weighted by Crippen LogP contribution is -2.35. The summed E-state index contributed by atoms with van der Waals surface area (Å²) in [5.41, 5.74) is 8.63. The van der Waals surface area contributed by atoms with Gasteiger partial charge in [-0.15, -0.1) is 5.10 Å². The highest BCUT2D eigenvalue weighted by Gasteiger charge is 2.22. The van der Waals surface area contributed by atoms with Crippen molar-refractivity contribution in [3.05, 3.63) is 18.3 Å². The minimum absolute atomic E-state index is 0.473. The average Bonchev–Trinajstić information content (AvgIpc) is 2.67. The zero-order valence-electron chi connectivity index (χ0n) is 12.1. The van der Waals surface area contributed by atoms with Crippen molar-refractivity contribution in [1.29, 1.82) is 0 Å². The first-order chi connectivity index (χ1) is 8.45. The van der Waals surface area contributed by atoms with Crippen LogP contribution < -0.4 is 15.0 Å². The van der Waals surface area contributed by atoms with Crippen LogP contribution in [0.2, 0.25) is 0 Å². The standard InChI is InChI=1S/C11H17N4O.C2H6/c1-15(2,3)8-6-5-7-14-10(8)9(12)11(13-14)16-4;1-2/h5-7H,12H2,1-4H3;1-2H3/q+1;. The summed E-state index contributed by atoms with van der Waals surface area (Å²) in [6.07, 6.45) is 1.87. The molecule has 5 heteroatoms. The second-order valence-electron chi connectivity index (χ2n) is 4.62. The molecule has 0 aliphatic heterocycles. The Hall–Kier alpha value is -1.75. The lowest BCUT2D eigenvalue weighted by molar-refractivity contribution is 0.397. The molecule has 0 aliphatic carbocycles. The number of hydrogen-bond acceptors (Lipinski definition) is 3. The van der Waals surface area contributed by atoms with E-state index in [0.717, 1.165) is 11.2 Å².